The summed E-state index contributed by atoms with van der Waals surface area (Å²) in [5.74, 6) is 0. The van der Waals surface area contributed by atoms with Gasteiger partial charge in [0.15, 0.2) is 0 Å². The monoisotopic (exact) mass is 284 g/mol. The summed E-state index contributed by atoms with van der Waals surface area (Å²) in [5.41, 5.74) is 2.97. The summed E-state index contributed by atoms with van der Waals surface area (Å²) in [5, 5.41) is 1.63. The van der Waals surface area contributed by atoms with Crippen molar-refractivity contribution in [1.29, 1.82) is 0 Å². The fourth-order valence-corrected chi connectivity index (χ4v) is 4.41. The number of aryl methyl sites for hydroxylation is 2. The van der Waals surface area contributed by atoms with Crippen molar-refractivity contribution in [2.24, 2.45) is 0 Å². The van der Waals surface area contributed by atoms with Crippen molar-refractivity contribution in [2.75, 3.05) is 0 Å². The molecule has 2 heteroatoms. The smallest absolute Gasteiger partial charge is 0.0656 e. The third-order valence-corrected chi connectivity index (χ3v) is 5.66. The van der Waals surface area contributed by atoms with Gasteiger partial charge in [-0.15, -0.1) is 0 Å². The first-order valence-corrected chi connectivity index (χ1v) is 10.0. The van der Waals surface area contributed by atoms with Crippen LogP contribution in [0.3, 0.4) is 0 Å². The number of hydrogen-bond donors (Lipinski definition) is 0. The molecule has 0 aliphatic heterocycles. The number of halogens is 1. The standard InChI is InChI=1S/C13H21BrSi/c1-6-10-9-13(15(3,4)5)11(7-2)8-12(10)14/h8-9H,6-7H2,1-5H3. The zero-order valence-electron chi connectivity index (χ0n) is 10.4. The predicted molar refractivity (Wildman–Crippen MR) is 75.9 cm³/mol. The van der Waals surface area contributed by atoms with E-state index in [0.29, 0.717) is 0 Å². The fraction of sp³-hybridized carbons (Fsp3) is 0.538. The minimum atomic E-state index is -1.19. The lowest BCUT2D eigenvalue weighted by atomic mass is 10.1. The van der Waals surface area contributed by atoms with E-state index in [0.717, 1.165) is 12.8 Å². The molecule has 0 heterocycles. The lowest BCUT2D eigenvalue weighted by Crippen LogP contribution is -2.40. The van der Waals surface area contributed by atoms with Crippen LogP contribution in [0.4, 0.5) is 0 Å². The molecular weight excluding hydrogens is 264 g/mol. The van der Waals surface area contributed by atoms with Crippen LogP contribution in [-0.2, 0) is 12.8 Å². The van der Waals surface area contributed by atoms with Crippen molar-refractivity contribution in [3.63, 3.8) is 0 Å². The van der Waals surface area contributed by atoms with Crippen LogP contribution in [-0.4, -0.2) is 8.07 Å². The first kappa shape index (κ1) is 13.0. The lowest BCUT2D eigenvalue weighted by Gasteiger charge is -2.22. The van der Waals surface area contributed by atoms with Crippen LogP contribution in [0.2, 0.25) is 19.6 Å². The highest BCUT2D eigenvalue weighted by Gasteiger charge is 2.20. The molecule has 84 valence electrons. The van der Waals surface area contributed by atoms with E-state index in [1.807, 2.05) is 0 Å². The van der Waals surface area contributed by atoms with Crippen molar-refractivity contribution >= 4 is 29.2 Å². The second-order valence-electron chi connectivity index (χ2n) is 5.06. The topological polar surface area (TPSA) is 0 Å². The van der Waals surface area contributed by atoms with Gasteiger partial charge >= 0.3 is 0 Å². The summed E-state index contributed by atoms with van der Waals surface area (Å²) in [6.45, 7) is 11.7. The van der Waals surface area contributed by atoms with Gasteiger partial charge in [-0.25, -0.2) is 0 Å². The van der Waals surface area contributed by atoms with Gasteiger partial charge in [0.25, 0.3) is 0 Å². The Morgan fingerprint density at radius 1 is 1.00 bits per heavy atom. The highest BCUT2D eigenvalue weighted by molar-refractivity contribution is 9.10. The quantitative estimate of drug-likeness (QED) is 0.733. The SMILES string of the molecule is CCc1cc([Si](C)(C)C)c(CC)cc1Br. The van der Waals surface area contributed by atoms with E-state index < -0.39 is 8.07 Å². The third kappa shape index (κ3) is 2.94. The molecule has 0 nitrogen and oxygen atoms in total. The van der Waals surface area contributed by atoms with Gasteiger partial charge < -0.3 is 0 Å². The van der Waals surface area contributed by atoms with E-state index in [4.69, 9.17) is 0 Å². The maximum absolute atomic E-state index is 3.66. The average Bonchev–Trinajstić information content (AvgIpc) is 2.15. The summed E-state index contributed by atoms with van der Waals surface area (Å²) < 4.78 is 1.28. The van der Waals surface area contributed by atoms with Crippen LogP contribution in [0.1, 0.15) is 25.0 Å². The van der Waals surface area contributed by atoms with Gasteiger partial charge in [-0.1, -0.05) is 60.7 Å². The fourth-order valence-electron chi connectivity index (χ4n) is 1.92. The normalized spacial score (nSPS) is 11.9. The van der Waals surface area contributed by atoms with Crippen molar-refractivity contribution in [1.82, 2.24) is 0 Å². The van der Waals surface area contributed by atoms with Gasteiger partial charge in [-0.05, 0) is 30.0 Å². The van der Waals surface area contributed by atoms with Gasteiger partial charge in [-0.2, -0.15) is 0 Å². The van der Waals surface area contributed by atoms with Crippen molar-refractivity contribution in [3.8, 4) is 0 Å². The molecule has 0 aliphatic carbocycles. The van der Waals surface area contributed by atoms with Crippen LogP contribution in [0.15, 0.2) is 16.6 Å². The Balaban J connectivity index is 3.36. The third-order valence-electron chi connectivity index (χ3n) is 2.84. The Hall–Kier alpha value is -0.0831. The summed E-state index contributed by atoms with van der Waals surface area (Å²) in [4.78, 5) is 0. The average molecular weight is 285 g/mol. The van der Waals surface area contributed by atoms with E-state index in [9.17, 15) is 0 Å². The van der Waals surface area contributed by atoms with Crippen LogP contribution in [0, 0.1) is 0 Å². The molecule has 0 atom stereocenters. The molecule has 0 fully saturated rings. The molecule has 0 N–H and O–H groups in total. The highest BCUT2D eigenvalue weighted by atomic mass is 79.9. The van der Waals surface area contributed by atoms with E-state index >= 15 is 0 Å². The van der Waals surface area contributed by atoms with Gasteiger partial charge in [0.1, 0.15) is 0 Å². The molecule has 0 bridgehead atoms. The van der Waals surface area contributed by atoms with Crippen LogP contribution in [0.25, 0.3) is 0 Å². The number of hydrogen-bond acceptors (Lipinski definition) is 0. The minimum absolute atomic E-state index is 1.11. The van der Waals surface area contributed by atoms with E-state index in [-0.39, 0.29) is 0 Å². The second-order valence-corrected chi connectivity index (χ2v) is 11.0. The van der Waals surface area contributed by atoms with Gasteiger partial charge in [-0.3, -0.25) is 0 Å². The van der Waals surface area contributed by atoms with Gasteiger partial charge in [0.2, 0.25) is 0 Å². The van der Waals surface area contributed by atoms with Crippen molar-refractivity contribution in [2.45, 2.75) is 46.3 Å². The zero-order chi connectivity index (χ0) is 11.6. The van der Waals surface area contributed by atoms with Crippen LogP contribution >= 0.6 is 15.9 Å². The molecule has 0 saturated carbocycles. The van der Waals surface area contributed by atoms with E-state index in [1.165, 1.54) is 15.6 Å². The molecule has 0 aromatic heterocycles. The van der Waals surface area contributed by atoms with Crippen molar-refractivity contribution in [3.05, 3.63) is 27.7 Å². The van der Waals surface area contributed by atoms with Gasteiger partial charge in [0.05, 0.1) is 8.07 Å². The van der Waals surface area contributed by atoms with E-state index in [1.54, 1.807) is 5.19 Å². The highest BCUT2D eigenvalue weighted by Crippen LogP contribution is 2.20. The minimum Gasteiger partial charge on any atom is -0.0656 e. The molecule has 1 aromatic carbocycles. The number of benzene rings is 1. The predicted octanol–water partition coefficient (Wildman–Crippen LogP) is 4.12. The second kappa shape index (κ2) is 4.83. The Morgan fingerprint density at radius 3 is 1.93 bits per heavy atom. The zero-order valence-corrected chi connectivity index (χ0v) is 13.0. The molecule has 0 radical (unpaired) electrons. The molecule has 0 aliphatic rings. The largest absolute Gasteiger partial charge is 0.0779 e. The lowest BCUT2D eigenvalue weighted by molar-refractivity contribution is 1.10. The van der Waals surface area contributed by atoms with E-state index in [2.05, 4.69) is 61.6 Å². The first-order chi connectivity index (χ1) is 6.90. The molecule has 0 spiro atoms. The Kier molecular flexibility index (Phi) is 4.18. The maximum Gasteiger partial charge on any atom is 0.0779 e. The van der Waals surface area contributed by atoms with Crippen molar-refractivity contribution < 1.29 is 0 Å². The molecule has 15 heavy (non-hydrogen) atoms. The molecule has 1 aromatic rings. The Bertz CT molecular complexity index is 350. The van der Waals surface area contributed by atoms with Gasteiger partial charge in [0, 0.05) is 4.47 Å². The first-order valence-electron chi connectivity index (χ1n) is 5.72. The number of rotatable bonds is 3. The Morgan fingerprint density at radius 2 is 1.53 bits per heavy atom. The molecule has 0 amide bonds. The summed E-state index contributed by atoms with van der Waals surface area (Å²) in [6.07, 6.45) is 2.25. The summed E-state index contributed by atoms with van der Waals surface area (Å²) >= 11 is 3.66. The Labute approximate surface area is 103 Å². The molecule has 0 unspecified atom stereocenters. The molecule has 0 saturated heterocycles. The van der Waals surface area contributed by atoms with Crippen LogP contribution < -0.4 is 5.19 Å². The van der Waals surface area contributed by atoms with Crippen LogP contribution in [0.5, 0.6) is 0 Å². The summed E-state index contributed by atoms with van der Waals surface area (Å²) in [6, 6.07) is 4.75. The summed E-state index contributed by atoms with van der Waals surface area (Å²) in [7, 11) is -1.19. The maximum atomic E-state index is 3.66. The molecule has 1 rings (SSSR count). The molecular formula is C13H21BrSi.